The van der Waals surface area contributed by atoms with Crippen molar-refractivity contribution < 1.29 is 13.9 Å². The zero-order valence-electron chi connectivity index (χ0n) is 12.8. The van der Waals surface area contributed by atoms with E-state index < -0.39 is 6.04 Å². The third-order valence-corrected chi connectivity index (χ3v) is 4.06. The number of hydrogen-bond acceptors (Lipinski definition) is 3. The van der Waals surface area contributed by atoms with E-state index in [4.69, 9.17) is 10.5 Å². The minimum absolute atomic E-state index is 0. The van der Waals surface area contributed by atoms with E-state index in [1.165, 1.54) is 19.2 Å². The molecule has 0 saturated heterocycles. The maximum absolute atomic E-state index is 13.5. The van der Waals surface area contributed by atoms with Gasteiger partial charge in [0, 0.05) is 7.11 Å². The maximum Gasteiger partial charge on any atom is 0.239 e. The van der Waals surface area contributed by atoms with Gasteiger partial charge in [-0.1, -0.05) is 25.0 Å². The summed E-state index contributed by atoms with van der Waals surface area (Å²) in [5.41, 5.74) is 6.58. The summed E-state index contributed by atoms with van der Waals surface area (Å²) in [6.07, 6.45) is 4.38. The van der Waals surface area contributed by atoms with Gasteiger partial charge in [-0.05, 0) is 36.5 Å². The first-order valence-corrected chi connectivity index (χ1v) is 7.42. The number of amides is 1. The van der Waals surface area contributed by atoms with Gasteiger partial charge in [-0.25, -0.2) is 4.39 Å². The van der Waals surface area contributed by atoms with Crippen molar-refractivity contribution in [2.75, 3.05) is 13.7 Å². The Labute approximate surface area is 137 Å². The van der Waals surface area contributed by atoms with Crippen LogP contribution in [-0.4, -0.2) is 25.7 Å². The molecule has 0 radical (unpaired) electrons. The number of carbonyl (C=O) groups excluding carboxylic acids is 1. The van der Waals surface area contributed by atoms with Gasteiger partial charge in [0.2, 0.25) is 5.91 Å². The minimum Gasteiger partial charge on any atom is -0.383 e. The fraction of sp³-hybridized carbons (Fsp3) is 0.562. The molecule has 0 spiro atoms. The van der Waals surface area contributed by atoms with Crippen LogP contribution in [0.4, 0.5) is 4.39 Å². The molecule has 1 amide bonds. The molecule has 2 atom stereocenters. The van der Waals surface area contributed by atoms with Gasteiger partial charge in [-0.15, -0.1) is 12.4 Å². The Bertz CT molecular complexity index is 481. The molecule has 4 nitrogen and oxygen atoms in total. The molecule has 124 valence electrons. The standard InChI is InChI=1S/C16H23FN2O2.ClH/c1-21-10-14(18)16(20)19-15(11-5-2-3-6-11)12-7-4-8-13(17)9-12;/h4,7-9,11,14-15H,2-3,5-6,10,18H2,1H3,(H,19,20);1H. The molecule has 1 saturated carbocycles. The highest BCUT2D eigenvalue weighted by molar-refractivity contribution is 5.85. The SMILES string of the molecule is COCC(N)C(=O)NC(c1cccc(F)c1)C1CCCC1.Cl. The first-order chi connectivity index (χ1) is 10.1. The molecule has 1 aromatic carbocycles. The van der Waals surface area contributed by atoms with E-state index in [1.807, 2.05) is 6.07 Å². The van der Waals surface area contributed by atoms with Crippen LogP contribution in [0.2, 0.25) is 0 Å². The molecule has 2 unspecified atom stereocenters. The Morgan fingerprint density at radius 1 is 1.45 bits per heavy atom. The van der Waals surface area contributed by atoms with Crippen LogP contribution in [0, 0.1) is 11.7 Å². The number of hydrogen-bond donors (Lipinski definition) is 2. The summed E-state index contributed by atoms with van der Waals surface area (Å²) >= 11 is 0. The van der Waals surface area contributed by atoms with Gasteiger partial charge in [0.05, 0.1) is 12.6 Å². The van der Waals surface area contributed by atoms with Crippen molar-refractivity contribution in [3.63, 3.8) is 0 Å². The average Bonchev–Trinajstić information content (AvgIpc) is 2.98. The van der Waals surface area contributed by atoms with E-state index in [1.54, 1.807) is 6.07 Å². The van der Waals surface area contributed by atoms with Crippen molar-refractivity contribution in [1.29, 1.82) is 0 Å². The summed E-state index contributed by atoms with van der Waals surface area (Å²) < 4.78 is 18.4. The predicted octanol–water partition coefficient (Wildman–Crippen LogP) is 2.57. The second-order valence-electron chi connectivity index (χ2n) is 5.65. The molecular formula is C16H24ClFN2O2. The molecule has 0 aliphatic heterocycles. The van der Waals surface area contributed by atoms with Crippen molar-refractivity contribution in [1.82, 2.24) is 5.32 Å². The van der Waals surface area contributed by atoms with Crippen LogP contribution in [0.5, 0.6) is 0 Å². The lowest BCUT2D eigenvalue weighted by Crippen LogP contribution is -2.46. The first-order valence-electron chi connectivity index (χ1n) is 7.42. The minimum atomic E-state index is -0.701. The van der Waals surface area contributed by atoms with E-state index in [-0.39, 0.29) is 36.8 Å². The lowest BCUT2D eigenvalue weighted by Gasteiger charge is -2.26. The average molecular weight is 331 g/mol. The topological polar surface area (TPSA) is 64.3 Å². The largest absolute Gasteiger partial charge is 0.383 e. The molecule has 1 fully saturated rings. The first kappa shape index (κ1) is 18.9. The van der Waals surface area contributed by atoms with Crippen molar-refractivity contribution in [2.24, 2.45) is 11.7 Å². The highest BCUT2D eigenvalue weighted by Gasteiger charge is 2.29. The lowest BCUT2D eigenvalue weighted by molar-refractivity contribution is -0.124. The predicted molar refractivity (Wildman–Crippen MR) is 86.3 cm³/mol. The number of methoxy groups -OCH3 is 1. The number of halogens is 2. The van der Waals surface area contributed by atoms with Crippen LogP contribution in [0.3, 0.4) is 0 Å². The second-order valence-corrected chi connectivity index (χ2v) is 5.65. The van der Waals surface area contributed by atoms with Gasteiger partial charge < -0.3 is 15.8 Å². The van der Waals surface area contributed by atoms with Crippen molar-refractivity contribution >= 4 is 18.3 Å². The van der Waals surface area contributed by atoms with E-state index in [2.05, 4.69) is 5.32 Å². The Balaban J connectivity index is 0.00000242. The maximum atomic E-state index is 13.5. The fourth-order valence-corrected chi connectivity index (χ4v) is 2.98. The van der Waals surface area contributed by atoms with E-state index in [0.717, 1.165) is 31.2 Å². The highest BCUT2D eigenvalue weighted by atomic mass is 35.5. The van der Waals surface area contributed by atoms with Crippen LogP contribution in [0.15, 0.2) is 24.3 Å². The third kappa shape index (κ3) is 4.93. The molecule has 1 aliphatic carbocycles. The molecule has 22 heavy (non-hydrogen) atoms. The molecule has 6 heteroatoms. The van der Waals surface area contributed by atoms with Crippen molar-refractivity contribution in [3.8, 4) is 0 Å². The van der Waals surface area contributed by atoms with Gasteiger partial charge in [0.1, 0.15) is 11.9 Å². The Morgan fingerprint density at radius 2 is 2.14 bits per heavy atom. The molecule has 0 heterocycles. The van der Waals surface area contributed by atoms with E-state index in [0.29, 0.717) is 5.92 Å². The van der Waals surface area contributed by atoms with Gasteiger partial charge in [-0.3, -0.25) is 4.79 Å². The van der Waals surface area contributed by atoms with Gasteiger partial charge in [0.25, 0.3) is 0 Å². The number of carbonyl (C=O) groups is 1. The van der Waals surface area contributed by atoms with Crippen molar-refractivity contribution in [2.45, 2.75) is 37.8 Å². The number of benzene rings is 1. The Morgan fingerprint density at radius 3 is 2.73 bits per heavy atom. The fourth-order valence-electron chi connectivity index (χ4n) is 2.98. The summed E-state index contributed by atoms with van der Waals surface area (Å²) in [4.78, 5) is 12.1. The van der Waals surface area contributed by atoms with Gasteiger partial charge >= 0.3 is 0 Å². The summed E-state index contributed by atoms with van der Waals surface area (Å²) in [6.45, 7) is 0.173. The molecular weight excluding hydrogens is 307 g/mol. The monoisotopic (exact) mass is 330 g/mol. The highest BCUT2D eigenvalue weighted by Crippen LogP contribution is 2.35. The molecule has 2 rings (SSSR count). The Hall–Kier alpha value is -1.17. The number of rotatable bonds is 6. The van der Waals surface area contributed by atoms with Gasteiger partial charge in [0.15, 0.2) is 0 Å². The van der Waals surface area contributed by atoms with Crippen LogP contribution in [-0.2, 0) is 9.53 Å². The molecule has 1 aromatic rings. The summed E-state index contributed by atoms with van der Waals surface area (Å²) in [7, 11) is 1.51. The molecule has 3 N–H and O–H groups in total. The van der Waals surface area contributed by atoms with Crippen LogP contribution >= 0.6 is 12.4 Å². The summed E-state index contributed by atoms with van der Waals surface area (Å²) in [6, 6.07) is 5.55. The third-order valence-electron chi connectivity index (χ3n) is 4.06. The van der Waals surface area contributed by atoms with E-state index >= 15 is 0 Å². The smallest absolute Gasteiger partial charge is 0.239 e. The van der Waals surface area contributed by atoms with E-state index in [9.17, 15) is 9.18 Å². The summed E-state index contributed by atoms with van der Waals surface area (Å²) in [5, 5.41) is 2.98. The molecule has 0 bridgehead atoms. The molecule has 1 aliphatic rings. The number of nitrogens with one attached hydrogen (secondary N) is 1. The van der Waals surface area contributed by atoms with Crippen LogP contribution in [0.25, 0.3) is 0 Å². The quantitative estimate of drug-likeness (QED) is 0.842. The summed E-state index contributed by atoms with van der Waals surface area (Å²) in [5.74, 6) is -0.200. The van der Waals surface area contributed by atoms with Crippen LogP contribution in [0.1, 0.15) is 37.3 Å². The van der Waals surface area contributed by atoms with Gasteiger partial charge in [-0.2, -0.15) is 0 Å². The molecule has 0 aromatic heterocycles. The Kier molecular flexibility index (Phi) is 7.79. The van der Waals surface area contributed by atoms with Crippen molar-refractivity contribution in [3.05, 3.63) is 35.6 Å². The lowest BCUT2D eigenvalue weighted by atomic mass is 9.91. The number of ether oxygens (including phenoxy) is 1. The zero-order valence-corrected chi connectivity index (χ0v) is 13.6. The number of nitrogens with two attached hydrogens (primary N) is 1. The normalized spacial score (nSPS) is 17.6. The zero-order chi connectivity index (χ0) is 15.2. The second kappa shape index (κ2) is 9.08. The van der Waals surface area contributed by atoms with Crippen LogP contribution < -0.4 is 11.1 Å².